The number of hydrogen-bond donors (Lipinski definition) is 2. The number of cyclic esters (lactones) is 1. The molecule has 3 atom stereocenters. The van der Waals surface area contributed by atoms with E-state index >= 15 is 4.39 Å². The van der Waals surface area contributed by atoms with E-state index in [2.05, 4.69) is 58.4 Å². The summed E-state index contributed by atoms with van der Waals surface area (Å²) in [7, 11) is 0. The number of rotatable bonds is 6. The van der Waals surface area contributed by atoms with E-state index in [9.17, 15) is 14.4 Å². The van der Waals surface area contributed by atoms with Crippen molar-refractivity contribution in [2.75, 3.05) is 42.5 Å². The van der Waals surface area contributed by atoms with Crippen molar-refractivity contribution in [1.29, 1.82) is 0 Å². The molecule has 2 N–H and O–H groups in total. The molecule has 1 aromatic rings. The van der Waals surface area contributed by atoms with Crippen molar-refractivity contribution in [3.63, 3.8) is 0 Å². The number of amides is 3. The van der Waals surface area contributed by atoms with Crippen LogP contribution in [0.4, 0.5) is 20.6 Å². The Kier molecular flexibility index (Phi) is 8.52. The van der Waals surface area contributed by atoms with Gasteiger partial charge in [-0.3, -0.25) is 14.5 Å². The Labute approximate surface area is 223 Å². The lowest BCUT2D eigenvalue weighted by Crippen LogP contribution is -2.67. The Balaban J connectivity index is 1.68. The molecule has 2 aliphatic heterocycles. The van der Waals surface area contributed by atoms with Crippen LogP contribution >= 0.6 is 47.8 Å². The van der Waals surface area contributed by atoms with Crippen LogP contribution in [-0.2, 0) is 14.3 Å². The van der Waals surface area contributed by atoms with Gasteiger partial charge in [0.1, 0.15) is 12.3 Å². The standard InChI is InChI=1S/C21H27Br3FN5O4/c1-13(31)26-10-17-11-29(19(33)34-17)16-6-4-15(5-7-16)28-8-9-30(20(3,25)12-28)18(21(22,23)24)27-14(2)32/h4-7,17-18H,8-12H2,1-3H3,(H,26,31)(H,27,32). The Morgan fingerprint density at radius 2 is 1.79 bits per heavy atom. The minimum Gasteiger partial charge on any atom is -0.442 e. The first-order chi connectivity index (χ1) is 15.8. The SMILES string of the molecule is CC(=O)NCC1CN(c2ccc(N3CCN(C(NC(C)=O)C(Br)(Br)Br)C(C)(F)C3)cc2)C(=O)O1. The number of carbonyl (C=O) groups excluding carboxylic acids is 3. The zero-order chi connectivity index (χ0) is 25.3. The molecule has 3 rings (SSSR count). The molecule has 0 saturated carbocycles. The second kappa shape index (κ2) is 10.7. The largest absolute Gasteiger partial charge is 0.442 e. The number of nitrogens with one attached hydrogen (secondary N) is 2. The highest BCUT2D eigenvalue weighted by molar-refractivity contribution is 9.39. The van der Waals surface area contributed by atoms with Gasteiger partial charge in [0.15, 0.2) is 7.94 Å². The summed E-state index contributed by atoms with van der Waals surface area (Å²) in [4.78, 5) is 40.1. The molecule has 2 heterocycles. The first-order valence-corrected chi connectivity index (χ1v) is 13.0. The van der Waals surface area contributed by atoms with Crippen molar-refractivity contribution in [3.05, 3.63) is 24.3 Å². The number of benzene rings is 1. The predicted octanol–water partition coefficient (Wildman–Crippen LogP) is 3.26. The number of hydrogen-bond acceptors (Lipinski definition) is 6. The molecule has 34 heavy (non-hydrogen) atoms. The van der Waals surface area contributed by atoms with Gasteiger partial charge in [0.25, 0.3) is 0 Å². The van der Waals surface area contributed by atoms with Gasteiger partial charge in [-0.05, 0) is 31.2 Å². The fourth-order valence-electron chi connectivity index (χ4n) is 4.07. The summed E-state index contributed by atoms with van der Waals surface area (Å²) in [5.74, 6) is -2.21. The van der Waals surface area contributed by atoms with Crippen LogP contribution in [0.1, 0.15) is 20.8 Å². The van der Waals surface area contributed by atoms with Gasteiger partial charge in [0.05, 0.1) is 19.6 Å². The topological polar surface area (TPSA) is 94.2 Å². The molecule has 0 aliphatic carbocycles. The summed E-state index contributed by atoms with van der Waals surface area (Å²) >= 11 is 10.3. The predicted molar refractivity (Wildman–Crippen MR) is 138 cm³/mol. The van der Waals surface area contributed by atoms with Gasteiger partial charge in [0, 0.05) is 38.3 Å². The maximum absolute atomic E-state index is 15.8. The Morgan fingerprint density at radius 3 is 2.32 bits per heavy atom. The van der Waals surface area contributed by atoms with Crippen molar-refractivity contribution in [3.8, 4) is 0 Å². The van der Waals surface area contributed by atoms with Crippen LogP contribution in [-0.4, -0.2) is 75.7 Å². The van der Waals surface area contributed by atoms with Crippen molar-refractivity contribution in [1.82, 2.24) is 15.5 Å². The maximum Gasteiger partial charge on any atom is 0.414 e. The fourth-order valence-corrected chi connectivity index (χ4v) is 5.15. The van der Waals surface area contributed by atoms with Gasteiger partial charge in [-0.15, -0.1) is 0 Å². The van der Waals surface area contributed by atoms with Crippen LogP contribution < -0.4 is 20.4 Å². The average molecular weight is 672 g/mol. The number of halogens is 4. The zero-order valence-electron chi connectivity index (χ0n) is 19.0. The van der Waals surface area contributed by atoms with Crippen LogP contribution in [0.25, 0.3) is 0 Å². The van der Waals surface area contributed by atoms with Crippen LogP contribution in [0.2, 0.25) is 0 Å². The van der Waals surface area contributed by atoms with E-state index in [1.807, 2.05) is 17.0 Å². The molecule has 188 valence electrons. The normalized spacial score (nSPS) is 24.6. The molecule has 3 unspecified atom stereocenters. The van der Waals surface area contributed by atoms with Crippen molar-refractivity contribution < 1.29 is 23.5 Å². The first-order valence-electron chi connectivity index (χ1n) is 10.6. The number of ether oxygens (including phenoxy) is 1. The minimum atomic E-state index is -1.75. The smallest absolute Gasteiger partial charge is 0.414 e. The van der Waals surface area contributed by atoms with Crippen molar-refractivity contribution >= 4 is 77.1 Å². The number of piperazine rings is 1. The van der Waals surface area contributed by atoms with Crippen LogP contribution in [0.15, 0.2) is 24.3 Å². The van der Waals surface area contributed by atoms with Crippen LogP contribution in [0.3, 0.4) is 0 Å². The molecule has 3 amide bonds. The summed E-state index contributed by atoms with van der Waals surface area (Å²) in [5.41, 5.74) is 1.47. The molecule has 2 fully saturated rings. The maximum atomic E-state index is 15.8. The van der Waals surface area contributed by atoms with Gasteiger partial charge in [-0.2, -0.15) is 0 Å². The Morgan fingerprint density at radius 1 is 1.18 bits per heavy atom. The van der Waals surface area contributed by atoms with Crippen molar-refractivity contribution in [2.24, 2.45) is 0 Å². The molecule has 0 bridgehead atoms. The number of carbonyl (C=O) groups is 3. The molecule has 2 saturated heterocycles. The highest BCUT2D eigenvalue weighted by atomic mass is 80.0. The summed E-state index contributed by atoms with van der Waals surface area (Å²) in [6, 6.07) is 7.26. The Hall–Kier alpha value is -1.44. The van der Waals surface area contributed by atoms with Gasteiger partial charge in [0.2, 0.25) is 11.8 Å². The van der Waals surface area contributed by atoms with Gasteiger partial charge in [-0.25, -0.2) is 14.1 Å². The lowest BCUT2D eigenvalue weighted by molar-refractivity contribution is -0.124. The van der Waals surface area contributed by atoms with Crippen LogP contribution in [0.5, 0.6) is 0 Å². The summed E-state index contributed by atoms with van der Waals surface area (Å²) in [6.07, 6.45) is -1.57. The average Bonchev–Trinajstić information content (AvgIpc) is 3.10. The molecular formula is C21H27Br3FN5O4. The third kappa shape index (κ3) is 6.61. The molecule has 0 radical (unpaired) electrons. The zero-order valence-corrected chi connectivity index (χ0v) is 23.7. The van der Waals surface area contributed by atoms with Gasteiger partial charge >= 0.3 is 6.09 Å². The molecule has 1 aromatic carbocycles. The lowest BCUT2D eigenvalue weighted by Gasteiger charge is -2.49. The highest BCUT2D eigenvalue weighted by Crippen LogP contribution is 2.42. The van der Waals surface area contributed by atoms with E-state index in [-0.39, 0.29) is 24.9 Å². The van der Waals surface area contributed by atoms with Crippen LogP contribution in [0, 0.1) is 0 Å². The van der Waals surface area contributed by atoms with E-state index in [1.54, 1.807) is 17.0 Å². The molecule has 0 aromatic heterocycles. The van der Waals surface area contributed by atoms with E-state index in [0.717, 1.165) is 5.69 Å². The molecule has 0 spiro atoms. The minimum absolute atomic E-state index is 0.0794. The Bertz CT molecular complexity index is 928. The van der Waals surface area contributed by atoms with Gasteiger partial charge in [-0.1, -0.05) is 47.8 Å². The van der Waals surface area contributed by atoms with E-state index in [4.69, 9.17) is 4.74 Å². The van der Waals surface area contributed by atoms with Crippen molar-refractivity contribution in [2.45, 2.75) is 41.0 Å². The number of nitrogens with zero attached hydrogens (tertiary/aromatic N) is 3. The number of alkyl halides is 4. The second-order valence-electron chi connectivity index (χ2n) is 8.47. The monoisotopic (exact) mass is 669 g/mol. The molecule has 9 nitrogen and oxygen atoms in total. The molecule has 2 aliphatic rings. The second-order valence-corrected chi connectivity index (χ2v) is 15.4. The highest BCUT2D eigenvalue weighted by Gasteiger charge is 2.48. The third-order valence-electron chi connectivity index (χ3n) is 5.63. The first kappa shape index (κ1) is 27.2. The van der Waals surface area contributed by atoms with E-state index < -0.39 is 26.3 Å². The lowest BCUT2D eigenvalue weighted by atomic mass is 10.1. The molecule has 13 heteroatoms. The van der Waals surface area contributed by atoms with Gasteiger partial charge < -0.3 is 20.3 Å². The van der Waals surface area contributed by atoms with E-state index in [0.29, 0.717) is 25.3 Å². The molecular weight excluding hydrogens is 645 g/mol. The number of anilines is 2. The summed E-state index contributed by atoms with van der Waals surface area (Å²) in [6.45, 7) is 5.83. The third-order valence-corrected chi connectivity index (χ3v) is 6.93. The summed E-state index contributed by atoms with van der Waals surface area (Å²) < 4.78 is 20.2. The summed E-state index contributed by atoms with van der Waals surface area (Å²) in [5, 5.41) is 5.43. The fraction of sp³-hybridized carbons (Fsp3) is 0.571. The quantitative estimate of drug-likeness (QED) is 0.357. The van der Waals surface area contributed by atoms with E-state index in [1.165, 1.54) is 25.7 Å².